The Morgan fingerprint density at radius 3 is 3.00 bits per heavy atom. The second kappa shape index (κ2) is 5.56. The summed E-state index contributed by atoms with van der Waals surface area (Å²) in [4.78, 5) is 14.3. The molecule has 0 bridgehead atoms. The minimum atomic E-state index is -0.110. The van der Waals surface area contributed by atoms with Crippen LogP contribution in [0.4, 0.5) is 5.69 Å². The van der Waals surface area contributed by atoms with Crippen molar-refractivity contribution in [2.45, 2.75) is 31.8 Å². The number of nitrogens with zero attached hydrogens (tertiary/aromatic N) is 1. The molecule has 114 valence electrons. The van der Waals surface area contributed by atoms with Crippen molar-refractivity contribution in [3.63, 3.8) is 0 Å². The van der Waals surface area contributed by atoms with Crippen molar-refractivity contribution in [2.24, 2.45) is 11.7 Å². The Bertz CT molecular complexity index is 544. The number of hydrogen-bond acceptors (Lipinski definition) is 4. The van der Waals surface area contributed by atoms with E-state index in [-0.39, 0.29) is 23.9 Å². The lowest BCUT2D eigenvalue weighted by Gasteiger charge is -2.39. The van der Waals surface area contributed by atoms with Crippen LogP contribution >= 0.6 is 0 Å². The van der Waals surface area contributed by atoms with E-state index in [1.165, 1.54) is 0 Å². The molecule has 2 unspecified atom stereocenters. The topological polar surface area (TPSA) is 67.6 Å². The van der Waals surface area contributed by atoms with Crippen LogP contribution in [0.15, 0.2) is 18.2 Å². The van der Waals surface area contributed by atoms with Gasteiger partial charge in [0.1, 0.15) is 5.75 Å². The van der Waals surface area contributed by atoms with Crippen molar-refractivity contribution in [1.29, 1.82) is 0 Å². The van der Waals surface area contributed by atoms with Crippen molar-refractivity contribution < 1.29 is 9.53 Å². The third-order valence-electron chi connectivity index (χ3n) is 4.63. The lowest BCUT2D eigenvalue weighted by Crippen LogP contribution is -2.46. The molecule has 0 saturated carbocycles. The van der Waals surface area contributed by atoms with E-state index < -0.39 is 0 Å². The number of ether oxygens (including phenoxy) is 1. The van der Waals surface area contributed by atoms with E-state index in [1.54, 1.807) is 7.11 Å². The van der Waals surface area contributed by atoms with Gasteiger partial charge < -0.3 is 20.7 Å². The zero-order chi connectivity index (χ0) is 15.0. The molecule has 2 aliphatic rings. The van der Waals surface area contributed by atoms with Gasteiger partial charge in [-0.2, -0.15) is 0 Å². The first-order chi connectivity index (χ1) is 10.1. The zero-order valence-corrected chi connectivity index (χ0v) is 12.6. The fraction of sp³-hybridized carbons (Fsp3) is 0.562. The SMILES string of the molecule is COc1cccc(N2CCCC3C(=O)NCC32)c1[C@@H](C)N. The number of hydrogen-bond donors (Lipinski definition) is 2. The van der Waals surface area contributed by atoms with Gasteiger partial charge in [-0.25, -0.2) is 0 Å². The van der Waals surface area contributed by atoms with Gasteiger partial charge in [-0.05, 0) is 31.9 Å². The average Bonchev–Trinajstić information content (AvgIpc) is 2.88. The number of nitrogens with two attached hydrogens (primary N) is 1. The summed E-state index contributed by atoms with van der Waals surface area (Å²) in [6.07, 6.45) is 2.01. The van der Waals surface area contributed by atoms with Crippen LogP contribution < -0.4 is 20.7 Å². The van der Waals surface area contributed by atoms with Crippen molar-refractivity contribution >= 4 is 11.6 Å². The fourth-order valence-corrected chi connectivity index (χ4v) is 3.67. The summed E-state index contributed by atoms with van der Waals surface area (Å²) >= 11 is 0. The molecule has 2 aliphatic heterocycles. The van der Waals surface area contributed by atoms with Crippen LogP contribution in [-0.2, 0) is 4.79 Å². The van der Waals surface area contributed by atoms with E-state index in [0.29, 0.717) is 0 Å². The fourth-order valence-electron chi connectivity index (χ4n) is 3.67. The number of amides is 1. The Kier molecular flexibility index (Phi) is 3.76. The maximum Gasteiger partial charge on any atom is 0.225 e. The highest BCUT2D eigenvalue weighted by Crippen LogP contribution is 2.38. The Balaban J connectivity index is 2.01. The van der Waals surface area contributed by atoms with Gasteiger partial charge in [-0.15, -0.1) is 0 Å². The summed E-state index contributed by atoms with van der Waals surface area (Å²) in [6, 6.07) is 6.15. The summed E-state index contributed by atoms with van der Waals surface area (Å²) in [5, 5.41) is 3.00. The quantitative estimate of drug-likeness (QED) is 0.883. The van der Waals surface area contributed by atoms with Gasteiger partial charge in [0.15, 0.2) is 0 Å². The lowest BCUT2D eigenvalue weighted by atomic mass is 9.90. The van der Waals surface area contributed by atoms with Crippen molar-refractivity contribution in [3.8, 4) is 5.75 Å². The number of nitrogens with one attached hydrogen (secondary N) is 1. The van der Waals surface area contributed by atoms with Crippen molar-refractivity contribution in [2.75, 3.05) is 25.1 Å². The number of piperidine rings is 1. The molecule has 2 saturated heterocycles. The molecule has 5 heteroatoms. The van der Waals surface area contributed by atoms with E-state index in [0.717, 1.165) is 42.9 Å². The third kappa shape index (κ3) is 2.35. The minimum absolute atomic E-state index is 0.103. The van der Waals surface area contributed by atoms with Crippen LogP contribution in [0.1, 0.15) is 31.4 Å². The molecular formula is C16H23N3O2. The number of carbonyl (C=O) groups is 1. The molecule has 2 heterocycles. The van der Waals surface area contributed by atoms with Crippen LogP contribution in [0.3, 0.4) is 0 Å². The first-order valence-electron chi connectivity index (χ1n) is 7.60. The summed E-state index contributed by atoms with van der Waals surface area (Å²) < 4.78 is 5.48. The summed E-state index contributed by atoms with van der Waals surface area (Å²) in [7, 11) is 1.67. The summed E-state index contributed by atoms with van der Waals surface area (Å²) in [6.45, 7) is 3.66. The van der Waals surface area contributed by atoms with E-state index in [1.807, 2.05) is 19.1 Å². The predicted octanol–water partition coefficient (Wildman–Crippen LogP) is 1.43. The Hall–Kier alpha value is -1.75. The van der Waals surface area contributed by atoms with Gasteiger partial charge in [-0.1, -0.05) is 6.07 Å². The molecule has 3 atom stereocenters. The molecule has 3 rings (SSSR count). The standard InChI is InChI=1S/C16H23N3O2/c1-10(17)15-12(6-3-7-14(15)21-2)19-8-4-5-11-13(19)9-18-16(11)20/h3,6-7,10-11,13H,4-5,8-9,17H2,1-2H3,(H,18,20)/t10-,11?,13?/m1/s1. The highest BCUT2D eigenvalue weighted by molar-refractivity contribution is 5.83. The Morgan fingerprint density at radius 2 is 2.29 bits per heavy atom. The molecule has 0 spiro atoms. The molecule has 5 nitrogen and oxygen atoms in total. The van der Waals surface area contributed by atoms with Gasteiger partial charge in [0.2, 0.25) is 5.91 Å². The molecule has 0 aliphatic carbocycles. The second-order valence-corrected chi connectivity index (χ2v) is 5.94. The first kappa shape index (κ1) is 14.2. The Labute approximate surface area is 125 Å². The maximum absolute atomic E-state index is 11.9. The van der Waals surface area contributed by atoms with Gasteiger partial charge >= 0.3 is 0 Å². The number of methoxy groups -OCH3 is 1. The van der Waals surface area contributed by atoms with Crippen molar-refractivity contribution in [1.82, 2.24) is 5.32 Å². The Morgan fingerprint density at radius 1 is 1.48 bits per heavy atom. The molecule has 0 aromatic heterocycles. The van der Waals surface area contributed by atoms with Gasteiger partial charge in [0.25, 0.3) is 0 Å². The van der Waals surface area contributed by atoms with Crippen LogP contribution in [0.2, 0.25) is 0 Å². The van der Waals surface area contributed by atoms with Crippen LogP contribution in [0, 0.1) is 5.92 Å². The predicted molar refractivity (Wildman–Crippen MR) is 82.5 cm³/mol. The van der Waals surface area contributed by atoms with E-state index in [4.69, 9.17) is 10.5 Å². The molecule has 1 aromatic rings. The molecule has 21 heavy (non-hydrogen) atoms. The normalized spacial score (nSPS) is 26.2. The van der Waals surface area contributed by atoms with E-state index >= 15 is 0 Å². The third-order valence-corrected chi connectivity index (χ3v) is 4.63. The van der Waals surface area contributed by atoms with Gasteiger partial charge in [0, 0.05) is 30.4 Å². The minimum Gasteiger partial charge on any atom is -0.496 e. The lowest BCUT2D eigenvalue weighted by molar-refractivity contribution is -0.122. The second-order valence-electron chi connectivity index (χ2n) is 5.94. The first-order valence-corrected chi connectivity index (χ1v) is 7.60. The van der Waals surface area contributed by atoms with Crippen LogP contribution in [0.5, 0.6) is 5.75 Å². The van der Waals surface area contributed by atoms with Gasteiger partial charge in [-0.3, -0.25) is 4.79 Å². The monoisotopic (exact) mass is 289 g/mol. The smallest absolute Gasteiger partial charge is 0.225 e. The molecule has 1 aromatic carbocycles. The molecule has 1 amide bonds. The molecule has 0 radical (unpaired) electrons. The van der Waals surface area contributed by atoms with Crippen LogP contribution in [-0.4, -0.2) is 32.1 Å². The van der Waals surface area contributed by atoms with Crippen LogP contribution in [0.25, 0.3) is 0 Å². The van der Waals surface area contributed by atoms with Gasteiger partial charge in [0.05, 0.1) is 19.1 Å². The number of rotatable bonds is 3. The molecule has 2 fully saturated rings. The summed E-state index contributed by atoms with van der Waals surface area (Å²) in [5.74, 6) is 1.11. The number of benzene rings is 1. The largest absolute Gasteiger partial charge is 0.496 e. The molecule has 3 N–H and O–H groups in total. The number of fused-ring (bicyclic) bond motifs is 1. The van der Waals surface area contributed by atoms with E-state index in [2.05, 4.69) is 16.3 Å². The summed E-state index contributed by atoms with van der Waals surface area (Å²) in [5.41, 5.74) is 8.31. The van der Waals surface area contributed by atoms with E-state index in [9.17, 15) is 4.79 Å². The van der Waals surface area contributed by atoms with Crippen molar-refractivity contribution in [3.05, 3.63) is 23.8 Å². The molecular weight excluding hydrogens is 266 g/mol. The number of carbonyl (C=O) groups excluding carboxylic acids is 1. The maximum atomic E-state index is 11.9. The average molecular weight is 289 g/mol. The highest BCUT2D eigenvalue weighted by Gasteiger charge is 2.41. The highest BCUT2D eigenvalue weighted by atomic mass is 16.5. The zero-order valence-electron chi connectivity index (χ0n) is 12.6. The number of anilines is 1.